The highest BCUT2D eigenvalue weighted by Gasteiger charge is 2.17. The molecule has 158 valence electrons. The van der Waals surface area contributed by atoms with Crippen molar-refractivity contribution in [2.24, 2.45) is 0 Å². The molecular weight excluding hydrogens is 426 g/mol. The fourth-order valence-electron chi connectivity index (χ4n) is 2.78. The maximum Gasteiger partial charge on any atom is 0.338 e. The van der Waals surface area contributed by atoms with Gasteiger partial charge in [0.05, 0.1) is 16.2 Å². The molecule has 0 fully saturated rings. The van der Waals surface area contributed by atoms with Crippen LogP contribution in [0.15, 0.2) is 47.8 Å². The summed E-state index contributed by atoms with van der Waals surface area (Å²) in [6, 6.07) is 10.7. The molecule has 3 aromatic rings. The van der Waals surface area contributed by atoms with E-state index in [1.807, 2.05) is 0 Å². The number of esters is 1. The van der Waals surface area contributed by atoms with Gasteiger partial charge >= 0.3 is 5.97 Å². The lowest BCUT2D eigenvalue weighted by molar-refractivity contribution is -0.384. The van der Waals surface area contributed by atoms with Crippen LogP contribution in [0.4, 0.5) is 10.8 Å². The number of ether oxygens (including phenoxy) is 3. The number of rotatable bonds is 6. The minimum atomic E-state index is -0.677. The predicted molar refractivity (Wildman–Crippen MR) is 111 cm³/mol. The second-order valence-corrected chi connectivity index (χ2v) is 7.19. The van der Waals surface area contributed by atoms with Crippen LogP contribution in [0.1, 0.15) is 10.4 Å². The third kappa shape index (κ3) is 4.78. The summed E-state index contributed by atoms with van der Waals surface area (Å²) in [6.45, 7) is 0.329. The molecule has 0 unspecified atom stereocenters. The zero-order valence-corrected chi connectivity index (χ0v) is 16.7. The third-order valence-corrected chi connectivity index (χ3v) is 4.97. The molecule has 1 aliphatic heterocycles. The van der Waals surface area contributed by atoms with Crippen LogP contribution in [0.5, 0.6) is 11.5 Å². The molecule has 31 heavy (non-hydrogen) atoms. The Morgan fingerprint density at radius 3 is 2.77 bits per heavy atom. The Morgan fingerprint density at radius 2 is 1.97 bits per heavy atom. The Kier molecular flexibility index (Phi) is 5.76. The van der Waals surface area contributed by atoms with E-state index in [0.29, 0.717) is 36.0 Å². The third-order valence-electron chi connectivity index (χ3n) is 4.22. The molecule has 2 heterocycles. The average Bonchev–Trinajstić information content (AvgIpc) is 3.25. The molecule has 0 saturated carbocycles. The number of nitro groups is 1. The van der Waals surface area contributed by atoms with Crippen molar-refractivity contribution in [3.8, 4) is 22.8 Å². The van der Waals surface area contributed by atoms with Crippen LogP contribution >= 0.6 is 11.3 Å². The fourth-order valence-corrected chi connectivity index (χ4v) is 3.52. The first-order chi connectivity index (χ1) is 15.0. The monoisotopic (exact) mass is 441 g/mol. The Labute approximate surface area is 179 Å². The van der Waals surface area contributed by atoms with E-state index >= 15 is 0 Å². The molecule has 0 spiro atoms. The van der Waals surface area contributed by atoms with Crippen LogP contribution in [0.2, 0.25) is 0 Å². The molecule has 11 heteroatoms. The van der Waals surface area contributed by atoms with Crippen molar-refractivity contribution < 1.29 is 28.7 Å². The van der Waals surface area contributed by atoms with Crippen molar-refractivity contribution in [2.75, 3.05) is 25.1 Å². The molecule has 0 aliphatic carbocycles. The number of nitrogens with one attached hydrogen (secondary N) is 1. The summed E-state index contributed by atoms with van der Waals surface area (Å²) >= 11 is 1.15. The minimum absolute atomic E-state index is 0.0536. The lowest BCUT2D eigenvalue weighted by Crippen LogP contribution is -2.21. The number of carbonyl (C=O) groups is 2. The molecule has 10 nitrogen and oxygen atoms in total. The lowest BCUT2D eigenvalue weighted by Gasteiger charge is -2.18. The summed E-state index contributed by atoms with van der Waals surface area (Å²) in [5, 5.41) is 15.4. The van der Waals surface area contributed by atoms with E-state index in [1.165, 1.54) is 24.3 Å². The van der Waals surface area contributed by atoms with Crippen molar-refractivity contribution in [3.05, 3.63) is 63.5 Å². The summed E-state index contributed by atoms with van der Waals surface area (Å²) < 4.78 is 15.9. The first kappa shape index (κ1) is 20.3. The van der Waals surface area contributed by atoms with Crippen molar-refractivity contribution in [1.82, 2.24) is 4.98 Å². The summed E-state index contributed by atoms with van der Waals surface area (Å²) in [6.07, 6.45) is 0. The highest BCUT2D eigenvalue weighted by molar-refractivity contribution is 7.14. The molecule has 2 aromatic carbocycles. The van der Waals surface area contributed by atoms with Crippen LogP contribution in [-0.4, -0.2) is 41.6 Å². The number of non-ortho nitro benzene ring substituents is 1. The first-order valence-electron chi connectivity index (χ1n) is 9.06. The Balaban J connectivity index is 1.34. The maximum absolute atomic E-state index is 12.2. The maximum atomic E-state index is 12.2. The molecule has 0 saturated heterocycles. The number of fused-ring (bicyclic) bond motifs is 1. The van der Waals surface area contributed by atoms with E-state index in [-0.39, 0.29) is 16.4 Å². The van der Waals surface area contributed by atoms with Crippen molar-refractivity contribution in [2.45, 2.75) is 0 Å². The number of carbonyl (C=O) groups excluding carboxylic acids is 2. The van der Waals surface area contributed by atoms with Crippen LogP contribution in [0.25, 0.3) is 11.3 Å². The van der Waals surface area contributed by atoms with Crippen molar-refractivity contribution in [1.29, 1.82) is 0 Å². The van der Waals surface area contributed by atoms with Gasteiger partial charge < -0.3 is 14.2 Å². The number of nitrogens with zero attached hydrogens (tertiary/aromatic N) is 2. The summed E-state index contributed by atoms with van der Waals surface area (Å²) in [7, 11) is 0. The van der Waals surface area contributed by atoms with Crippen LogP contribution in [0.3, 0.4) is 0 Å². The van der Waals surface area contributed by atoms with E-state index in [1.54, 1.807) is 23.6 Å². The largest absolute Gasteiger partial charge is 0.486 e. The highest BCUT2D eigenvalue weighted by atomic mass is 32.1. The van der Waals surface area contributed by atoms with E-state index in [0.717, 1.165) is 11.3 Å². The quantitative estimate of drug-likeness (QED) is 0.350. The topological polar surface area (TPSA) is 130 Å². The van der Waals surface area contributed by atoms with Gasteiger partial charge in [-0.2, -0.15) is 0 Å². The highest BCUT2D eigenvalue weighted by Crippen LogP contribution is 2.31. The number of anilines is 1. The fraction of sp³-hybridized carbons (Fsp3) is 0.150. The molecule has 0 atom stereocenters. The molecule has 0 radical (unpaired) electrons. The van der Waals surface area contributed by atoms with E-state index in [4.69, 9.17) is 14.2 Å². The lowest BCUT2D eigenvalue weighted by atomic mass is 10.1. The second kappa shape index (κ2) is 8.79. The van der Waals surface area contributed by atoms with Gasteiger partial charge in [-0.05, 0) is 18.2 Å². The average molecular weight is 441 g/mol. The van der Waals surface area contributed by atoms with Crippen molar-refractivity contribution in [3.63, 3.8) is 0 Å². The number of nitro benzene ring substituents is 1. The molecule has 1 aliphatic rings. The van der Waals surface area contributed by atoms with Crippen LogP contribution in [-0.2, 0) is 9.53 Å². The number of amides is 1. The Bertz CT molecular complexity index is 1160. The molecule has 1 N–H and O–H groups in total. The van der Waals surface area contributed by atoms with Gasteiger partial charge in [0.2, 0.25) is 0 Å². The SMILES string of the molecule is O=C(COC(=O)c1ccc2c(c1)OCCO2)Nc1nc(-c2cccc([N+](=O)[O-])c2)cs1. The van der Waals surface area contributed by atoms with Gasteiger partial charge in [-0.15, -0.1) is 11.3 Å². The van der Waals surface area contributed by atoms with E-state index < -0.39 is 23.4 Å². The molecule has 0 bridgehead atoms. The number of thiazole rings is 1. The smallest absolute Gasteiger partial charge is 0.338 e. The minimum Gasteiger partial charge on any atom is -0.486 e. The zero-order valence-electron chi connectivity index (χ0n) is 15.9. The Morgan fingerprint density at radius 1 is 1.16 bits per heavy atom. The Hall–Kier alpha value is -3.99. The number of hydrogen-bond acceptors (Lipinski definition) is 9. The van der Waals surface area contributed by atoms with E-state index in [2.05, 4.69) is 10.3 Å². The van der Waals surface area contributed by atoms with Gasteiger partial charge in [0.25, 0.3) is 11.6 Å². The summed E-state index contributed by atoms with van der Waals surface area (Å²) in [4.78, 5) is 39.0. The molecule has 1 amide bonds. The van der Waals surface area contributed by atoms with Crippen molar-refractivity contribution >= 4 is 34.0 Å². The van der Waals surface area contributed by atoms with E-state index in [9.17, 15) is 19.7 Å². The first-order valence-corrected chi connectivity index (χ1v) is 9.94. The number of hydrogen-bond donors (Lipinski definition) is 1. The van der Waals surface area contributed by atoms with Gasteiger partial charge in [0, 0.05) is 23.1 Å². The van der Waals surface area contributed by atoms with Gasteiger partial charge in [-0.25, -0.2) is 9.78 Å². The number of benzene rings is 2. The molecular formula is C20H15N3O7S. The molecule has 1 aromatic heterocycles. The summed E-state index contributed by atoms with van der Waals surface area (Å²) in [5.74, 6) is -0.250. The van der Waals surface area contributed by atoms with Gasteiger partial charge in [0.15, 0.2) is 23.2 Å². The summed E-state index contributed by atoms with van der Waals surface area (Å²) in [5.41, 5.74) is 1.22. The van der Waals surface area contributed by atoms with Crippen LogP contribution in [0, 0.1) is 10.1 Å². The second-order valence-electron chi connectivity index (χ2n) is 6.33. The zero-order chi connectivity index (χ0) is 21.8. The molecule has 4 rings (SSSR count). The van der Waals surface area contributed by atoms with Gasteiger partial charge in [-0.1, -0.05) is 12.1 Å². The normalized spacial score (nSPS) is 12.1. The predicted octanol–water partition coefficient (Wildman–Crippen LogP) is 3.29. The van der Waals surface area contributed by atoms with Gasteiger partial charge in [-0.3, -0.25) is 20.2 Å². The van der Waals surface area contributed by atoms with Crippen LogP contribution < -0.4 is 14.8 Å². The van der Waals surface area contributed by atoms with Gasteiger partial charge in [0.1, 0.15) is 13.2 Å². The standard InChI is InChI=1S/C20H15N3O7S/c24-18(10-30-19(25)13-4-5-16-17(9-13)29-7-6-28-16)22-20-21-15(11-31-20)12-2-1-3-14(8-12)23(26)27/h1-5,8-9,11H,6-7,10H2,(H,21,22,24). The number of aromatic nitrogens is 1.